The fraction of sp³-hybridized carbons (Fsp3) is 0.211. The first-order valence-electron chi connectivity index (χ1n) is 7.69. The van der Waals surface area contributed by atoms with Gasteiger partial charge in [0.05, 0.1) is 31.3 Å². The van der Waals surface area contributed by atoms with Gasteiger partial charge in [0.1, 0.15) is 0 Å². The molecule has 3 rings (SSSR count). The Morgan fingerprint density at radius 1 is 1.17 bits per heavy atom. The van der Waals surface area contributed by atoms with Crippen molar-refractivity contribution in [2.75, 3.05) is 7.11 Å². The minimum atomic E-state index is -0.356. The Kier molecular flexibility index (Phi) is 4.42. The lowest BCUT2D eigenvalue weighted by Gasteiger charge is -2.15. The average Bonchev–Trinajstić information content (AvgIpc) is 2.63. The number of para-hydroxylation sites is 1. The minimum Gasteiger partial charge on any atom is -0.469 e. The molecule has 0 atom stereocenters. The molecule has 3 aromatic rings. The van der Waals surface area contributed by atoms with Crippen molar-refractivity contribution in [2.24, 2.45) is 0 Å². The molecule has 5 nitrogen and oxygen atoms in total. The van der Waals surface area contributed by atoms with Gasteiger partial charge >= 0.3 is 5.97 Å². The van der Waals surface area contributed by atoms with Crippen molar-refractivity contribution >= 4 is 16.9 Å². The van der Waals surface area contributed by atoms with Crippen LogP contribution in [0.15, 0.2) is 53.5 Å². The summed E-state index contributed by atoms with van der Waals surface area (Å²) >= 11 is 0. The third-order valence-electron chi connectivity index (χ3n) is 4.13. The highest BCUT2D eigenvalue weighted by Gasteiger charge is 2.16. The van der Waals surface area contributed by atoms with Crippen LogP contribution in [0.5, 0.6) is 0 Å². The van der Waals surface area contributed by atoms with Crippen molar-refractivity contribution in [3.63, 3.8) is 0 Å². The molecule has 0 bridgehead atoms. The Bertz CT molecular complexity index is 946. The van der Waals surface area contributed by atoms with Gasteiger partial charge in [-0.15, -0.1) is 0 Å². The molecule has 2 aromatic heterocycles. The minimum absolute atomic E-state index is 0.0858. The second-order valence-electron chi connectivity index (χ2n) is 5.59. The topological polar surface area (TPSA) is 61.2 Å². The smallest absolute Gasteiger partial charge is 0.310 e. The fourth-order valence-corrected chi connectivity index (χ4v) is 2.86. The van der Waals surface area contributed by atoms with Crippen molar-refractivity contribution in [2.45, 2.75) is 19.9 Å². The quantitative estimate of drug-likeness (QED) is 0.692. The van der Waals surface area contributed by atoms with Gasteiger partial charge in [-0.2, -0.15) is 0 Å². The molecular weight excluding hydrogens is 304 g/mol. The summed E-state index contributed by atoms with van der Waals surface area (Å²) in [4.78, 5) is 28.9. The number of fused-ring (bicyclic) bond motifs is 1. The first-order chi connectivity index (χ1) is 11.6. The van der Waals surface area contributed by atoms with Gasteiger partial charge in [0.15, 0.2) is 0 Å². The van der Waals surface area contributed by atoms with Crippen molar-refractivity contribution < 1.29 is 9.53 Å². The maximum Gasteiger partial charge on any atom is 0.310 e. The molecule has 0 N–H and O–H groups in total. The number of aromatic nitrogens is 2. The number of pyridine rings is 2. The van der Waals surface area contributed by atoms with Crippen LogP contribution in [0.25, 0.3) is 10.9 Å². The number of ether oxygens (including phenoxy) is 1. The van der Waals surface area contributed by atoms with Gasteiger partial charge in [-0.3, -0.25) is 14.6 Å². The van der Waals surface area contributed by atoms with Crippen LogP contribution in [0.4, 0.5) is 0 Å². The highest BCUT2D eigenvalue weighted by atomic mass is 16.5. The van der Waals surface area contributed by atoms with Gasteiger partial charge in [0.2, 0.25) is 0 Å². The molecule has 122 valence electrons. The second kappa shape index (κ2) is 6.66. The zero-order valence-corrected chi connectivity index (χ0v) is 13.7. The molecule has 0 amide bonds. The fourth-order valence-electron chi connectivity index (χ4n) is 2.86. The van der Waals surface area contributed by atoms with Gasteiger partial charge in [0, 0.05) is 17.1 Å². The lowest BCUT2D eigenvalue weighted by atomic mass is 10.0. The van der Waals surface area contributed by atoms with E-state index in [4.69, 9.17) is 4.74 Å². The summed E-state index contributed by atoms with van der Waals surface area (Å²) in [6.07, 6.45) is 1.80. The summed E-state index contributed by atoms with van der Waals surface area (Å²) < 4.78 is 6.47. The van der Waals surface area contributed by atoms with E-state index in [1.54, 1.807) is 17.7 Å². The van der Waals surface area contributed by atoms with E-state index in [-0.39, 0.29) is 17.9 Å². The molecule has 0 unspecified atom stereocenters. The van der Waals surface area contributed by atoms with Crippen LogP contribution in [0.2, 0.25) is 0 Å². The molecular formula is C19H18N2O3. The zero-order valence-electron chi connectivity index (χ0n) is 13.7. The SMILES string of the molecule is COC(=O)Cc1c(C)c(=O)n(Cc2ccccn2)c2ccccc12. The Balaban J connectivity index is 2.21. The Morgan fingerprint density at radius 3 is 2.62 bits per heavy atom. The van der Waals surface area contributed by atoms with Crippen molar-refractivity contribution in [1.82, 2.24) is 9.55 Å². The molecule has 0 aliphatic rings. The summed E-state index contributed by atoms with van der Waals surface area (Å²) in [5.41, 5.74) is 2.77. The summed E-state index contributed by atoms with van der Waals surface area (Å²) in [7, 11) is 1.35. The third kappa shape index (κ3) is 2.93. The molecule has 5 heteroatoms. The van der Waals surface area contributed by atoms with E-state index in [0.717, 1.165) is 22.2 Å². The third-order valence-corrected chi connectivity index (χ3v) is 4.13. The van der Waals surface area contributed by atoms with Crippen LogP contribution in [-0.2, 0) is 22.5 Å². The van der Waals surface area contributed by atoms with E-state index >= 15 is 0 Å². The normalized spacial score (nSPS) is 10.8. The maximum atomic E-state index is 12.9. The van der Waals surface area contributed by atoms with Gasteiger partial charge in [-0.1, -0.05) is 24.3 Å². The predicted octanol–water partition coefficient (Wildman–Crippen LogP) is 2.47. The number of methoxy groups -OCH3 is 1. The van der Waals surface area contributed by atoms with E-state index in [0.29, 0.717) is 12.1 Å². The Morgan fingerprint density at radius 2 is 1.92 bits per heavy atom. The van der Waals surface area contributed by atoms with Crippen LogP contribution in [0.1, 0.15) is 16.8 Å². The number of hydrogen-bond acceptors (Lipinski definition) is 4. The first-order valence-corrected chi connectivity index (χ1v) is 7.69. The lowest BCUT2D eigenvalue weighted by molar-refractivity contribution is -0.139. The lowest BCUT2D eigenvalue weighted by Crippen LogP contribution is -2.26. The van der Waals surface area contributed by atoms with Crippen LogP contribution in [0.3, 0.4) is 0 Å². The van der Waals surface area contributed by atoms with E-state index < -0.39 is 0 Å². The largest absolute Gasteiger partial charge is 0.469 e. The van der Waals surface area contributed by atoms with Crippen LogP contribution in [-0.4, -0.2) is 22.6 Å². The molecule has 2 heterocycles. The highest BCUT2D eigenvalue weighted by Crippen LogP contribution is 2.21. The first kappa shape index (κ1) is 15.9. The van der Waals surface area contributed by atoms with Crippen molar-refractivity contribution in [3.05, 3.63) is 75.8 Å². The molecule has 0 saturated carbocycles. The van der Waals surface area contributed by atoms with Crippen LogP contribution < -0.4 is 5.56 Å². The second-order valence-corrected chi connectivity index (χ2v) is 5.59. The summed E-state index contributed by atoms with van der Waals surface area (Å²) in [6.45, 7) is 2.14. The number of rotatable bonds is 4. The Hall–Kier alpha value is -2.95. The maximum absolute atomic E-state index is 12.9. The highest BCUT2D eigenvalue weighted by molar-refractivity contribution is 5.87. The number of esters is 1. The molecule has 0 aliphatic heterocycles. The molecule has 0 saturated heterocycles. The van der Waals surface area contributed by atoms with E-state index in [9.17, 15) is 9.59 Å². The molecule has 0 radical (unpaired) electrons. The molecule has 24 heavy (non-hydrogen) atoms. The summed E-state index contributed by atoms with van der Waals surface area (Å²) in [6, 6.07) is 13.2. The van der Waals surface area contributed by atoms with Crippen molar-refractivity contribution in [3.8, 4) is 0 Å². The molecule has 0 fully saturated rings. The number of hydrogen-bond donors (Lipinski definition) is 0. The Labute approximate surface area is 139 Å². The zero-order chi connectivity index (χ0) is 17.1. The number of benzene rings is 1. The van der Waals surface area contributed by atoms with Gasteiger partial charge in [0.25, 0.3) is 5.56 Å². The van der Waals surface area contributed by atoms with Gasteiger partial charge in [-0.25, -0.2) is 0 Å². The predicted molar refractivity (Wildman–Crippen MR) is 92.0 cm³/mol. The van der Waals surface area contributed by atoms with Crippen LogP contribution in [0, 0.1) is 6.92 Å². The number of nitrogens with zero attached hydrogens (tertiary/aromatic N) is 2. The molecule has 0 aliphatic carbocycles. The van der Waals surface area contributed by atoms with E-state index in [1.165, 1.54) is 7.11 Å². The van der Waals surface area contributed by atoms with Crippen molar-refractivity contribution in [1.29, 1.82) is 0 Å². The molecule has 0 spiro atoms. The number of carbonyl (C=O) groups excluding carboxylic acids is 1. The average molecular weight is 322 g/mol. The monoisotopic (exact) mass is 322 g/mol. The standard InChI is InChI=1S/C19H18N2O3/c1-13-16(11-18(22)24-2)15-8-3-4-9-17(15)21(19(13)23)12-14-7-5-6-10-20-14/h3-10H,11-12H2,1-2H3. The van der Waals surface area contributed by atoms with Crippen LogP contribution >= 0.6 is 0 Å². The summed E-state index contributed by atoms with van der Waals surface area (Å²) in [5, 5.41) is 0.885. The van der Waals surface area contributed by atoms with E-state index in [1.807, 2.05) is 42.5 Å². The number of carbonyl (C=O) groups is 1. The molecule has 1 aromatic carbocycles. The van der Waals surface area contributed by atoms with Gasteiger partial charge < -0.3 is 9.30 Å². The summed E-state index contributed by atoms with van der Waals surface area (Å²) in [5.74, 6) is -0.356. The van der Waals surface area contributed by atoms with Gasteiger partial charge in [-0.05, 0) is 30.7 Å². The van der Waals surface area contributed by atoms with E-state index in [2.05, 4.69) is 4.98 Å².